The van der Waals surface area contributed by atoms with Crippen LogP contribution in [0, 0.1) is 11.8 Å². The van der Waals surface area contributed by atoms with Crippen LogP contribution in [0.1, 0.15) is 86.9 Å². The van der Waals surface area contributed by atoms with Crippen LogP contribution in [-0.2, 0) is 29.2 Å². The molecule has 8 nitrogen and oxygen atoms in total. The Morgan fingerprint density at radius 3 is 1.66 bits per heavy atom. The molecule has 0 aromatic heterocycles. The third-order valence-electron chi connectivity index (χ3n) is 5.00. The fourth-order valence-corrected chi connectivity index (χ4v) is 3.48. The molecule has 3 unspecified atom stereocenters. The first-order valence-electron chi connectivity index (χ1n) is 11.5. The third kappa shape index (κ3) is 19.3. The van der Waals surface area contributed by atoms with Gasteiger partial charge in [0.15, 0.2) is 5.25 Å². The van der Waals surface area contributed by atoms with Gasteiger partial charge >= 0.3 is 41.5 Å². The fraction of sp³-hybridized carbons (Fsp3) is 0.909. The number of hydrogen-bond acceptors (Lipinski definition) is 7. The summed E-state index contributed by atoms with van der Waals surface area (Å²) in [5.41, 5.74) is 0. The van der Waals surface area contributed by atoms with Crippen molar-refractivity contribution in [1.29, 1.82) is 0 Å². The summed E-state index contributed by atoms with van der Waals surface area (Å²) in [6, 6.07) is 0. The molecule has 2 N–H and O–H groups in total. The monoisotopic (exact) mass is 491 g/mol. The maximum Gasteiger partial charge on any atom is 1.00 e. The second-order valence-electron chi connectivity index (χ2n) is 7.85. The molecular formula is C22H46NNaO7S. The van der Waals surface area contributed by atoms with E-state index in [1.807, 2.05) is 27.9 Å². The van der Waals surface area contributed by atoms with E-state index in [0.717, 1.165) is 51.4 Å². The van der Waals surface area contributed by atoms with Gasteiger partial charge in [0.2, 0.25) is 0 Å². The van der Waals surface area contributed by atoms with Crippen LogP contribution in [0.4, 0.5) is 0 Å². The van der Waals surface area contributed by atoms with Crippen LogP contribution in [0.2, 0.25) is 0 Å². The van der Waals surface area contributed by atoms with Crippen molar-refractivity contribution in [3.63, 3.8) is 0 Å². The molecule has 32 heavy (non-hydrogen) atoms. The topological polar surface area (TPSA) is 119 Å². The minimum atomic E-state index is -4.76. The van der Waals surface area contributed by atoms with Gasteiger partial charge in [-0.15, -0.1) is 0 Å². The van der Waals surface area contributed by atoms with E-state index in [1.54, 1.807) is 0 Å². The number of esters is 2. The van der Waals surface area contributed by atoms with E-state index < -0.39 is 33.7 Å². The summed E-state index contributed by atoms with van der Waals surface area (Å²) in [4.78, 5) is 24.2. The molecule has 0 aromatic carbocycles. The molecule has 0 saturated heterocycles. The standard InChI is InChI=1S/C20H38O7S.C2H7N.Na.H/c1-5-9-11-16(7-3)14-26-19(21)13-18(28(23,24)25)20(22)27-15-17(8-4)12-10-6-2;1-3-2;;/h16-18H,5-15H2,1-4H3,(H,23,24,25);3H,1-2H3;;/q;;+1;-1. The summed E-state index contributed by atoms with van der Waals surface area (Å²) in [6.45, 7) is 8.35. The SMILES string of the molecule is CCCCC(CC)COC(=O)CC(C(=O)OCC(CC)CCCC)S(=O)(=O)O.CNC.[H-].[Na+]. The quantitative estimate of drug-likeness (QED) is 0.187. The molecule has 0 fully saturated rings. The minimum absolute atomic E-state index is 0. The average Bonchev–Trinajstić information content (AvgIpc) is 2.71. The van der Waals surface area contributed by atoms with Gasteiger partial charge in [0, 0.05) is 0 Å². The molecular weight excluding hydrogens is 445 g/mol. The van der Waals surface area contributed by atoms with E-state index in [4.69, 9.17) is 9.47 Å². The number of hydrogen-bond donors (Lipinski definition) is 2. The summed E-state index contributed by atoms with van der Waals surface area (Å²) < 4.78 is 42.8. The van der Waals surface area contributed by atoms with Gasteiger partial charge in [-0.1, -0.05) is 66.2 Å². The molecule has 0 aromatic rings. The zero-order chi connectivity index (χ0) is 24.3. The zero-order valence-electron chi connectivity index (χ0n) is 22.3. The van der Waals surface area contributed by atoms with Crippen molar-refractivity contribution in [3.8, 4) is 0 Å². The second kappa shape index (κ2) is 22.6. The van der Waals surface area contributed by atoms with Gasteiger partial charge in [-0.05, 0) is 38.8 Å². The van der Waals surface area contributed by atoms with Gasteiger partial charge in [0.25, 0.3) is 10.1 Å². The van der Waals surface area contributed by atoms with Gasteiger partial charge in [0.05, 0.1) is 19.6 Å². The van der Waals surface area contributed by atoms with Crippen LogP contribution >= 0.6 is 0 Å². The predicted octanol–water partition coefficient (Wildman–Crippen LogP) is 1.10. The summed E-state index contributed by atoms with van der Waals surface area (Å²) in [5, 5.41) is 0.805. The molecule has 0 aliphatic heterocycles. The number of carbonyl (C=O) groups is 2. The average molecular weight is 492 g/mol. The van der Waals surface area contributed by atoms with Crippen LogP contribution in [-0.4, -0.2) is 57.5 Å². The zero-order valence-corrected chi connectivity index (χ0v) is 24.1. The van der Waals surface area contributed by atoms with Crippen molar-refractivity contribution in [2.45, 2.75) is 90.7 Å². The van der Waals surface area contributed by atoms with E-state index in [-0.39, 0.29) is 56.0 Å². The largest absolute Gasteiger partial charge is 1.00 e. The Morgan fingerprint density at radius 1 is 0.906 bits per heavy atom. The van der Waals surface area contributed by atoms with E-state index in [0.29, 0.717) is 0 Å². The van der Waals surface area contributed by atoms with Crippen molar-refractivity contribution in [1.82, 2.24) is 5.32 Å². The summed E-state index contributed by atoms with van der Waals surface area (Å²) in [6.07, 6.45) is 6.74. The van der Waals surface area contributed by atoms with Gasteiger partial charge < -0.3 is 16.2 Å². The van der Waals surface area contributed by atoms with Gasteiger partial charge in [0.1, 0.15) is 0 Å². The number of unbranched alkanes of at least 4 members (excludes halogenated alkanes) is 2. The molecule has 0 radical (unpaired) electrons. The maximum atomic E-state index is 12.2. The predicted molar refractivity (Wildman–Crippen MR) is 125 cm³/mol. The minimum Gasteiger partial charge on any atom is -1.00 e. The number of rotatable bonds is 16. The molecule has 0 saturated carbocycles. The first-order chi connectivity index (χ1) is 14.6. The Kier molecular flexibility index (Phi) is 25.7. The first kappa shape index (κ1) is 36.4. The van der Waals surface area contributed by atoms with Crippen molar-refractivity contribution in [3.05, 3.63) is 0 Å². The molecule has 0 amide bonds. The van der Waals surface area contributed by atoms with Crippen LogP contribution in [0.25, 0.3) is 0 Å². The smallest absolute Gasteiger partial charge is 1.00 e. The summed E-state index contributed by atoms with van der Waals surface area (Å²) in [5.74, 6) is -1.61. The number of nitrogens with one attached hydrogen (secondary N) is 1. The molecule has 3 atom stereocenters. The van der Waals surface area contributed by atoms with E-state index in [9.17, 15) is 22.6 Å². The molecule has 0 heterocycles. The van der Waals surface area contributed by atoms with E-state index in [1.165, 1.54) is 0 Å². The van der Waals surface area contributed by atoms with Gasteiger partial charge in [-0.25, -0.2) is 0 Å². The van der Waals surface area contributed by atoms with Crippen molar-refractivity contribution in [2.24, 2.45) is 11.8 Å². The van der Waals surface area contributed by atoms with Crippen LogP contribution in [0.3, 0.4) is 0 Å². The molecule has 0 bridgehead atoms. The number of carbonyl (C=O) groups excluding carboxylic acids is 2. The Bertz CT molecular complexity index is 579. The van der Waals surface area contributed by atoms with Gasteiger partial charge in [-0.3, -0.25) is 14.1 Å². The van der Waals surface area contributed by atoms with Crippen molar-refractivity contribution < 1.29 is 63.0 Å². The second-order valence-corrected chi connectivity index (χ2v) is 9.45. The molecule has 10 heteroatoms. The van der Waals surface area contributed by atoms with Crippen LogP contribution in [0.15, 0.2) is 0 Å². The van der Waals surface area contributed by atoms with Gasteiger partial charge in [-0.2, -0.15) is 8.42 Å². The molecule has 0 rings (SSSR count). The van der Waals surface area contributed by atoms with Crippen LogP contribution in [0.5, 0.6) is 0 Å². The summed E-state index contributed by atoms with van der Waals surface area (Å²) in [7, 11) is -1.01. The molecule has 0 aliphatic carbocycles. The Balaban J connectivity index is -0.000000793. The molecule has 0 aliphatic rings. The van der Waals surface area contributed by atoms with E-state index in [2.05, 4.69) is 19.2 Å². The summed E-state index contributed by atoms with van der Waals surface area (Å²) >= 11 is 0. The maximum absolute atomic E-state index is 12.2. The third-order valence-corrected chi connectivity index (χ3v) is 6.08. The Morgan fingerprint density at radius 2 is 1.31 bits per heavy atom. The molecule has 188 valence electrons. The van der Waals surface area contributed by atoms with Crippen molar-refractivity contribution in [2.75, 3.05) is 27.3 Å². The normalized spacial score (nSPS) is 13.6. The Labute approximate surface area is 219 Å². The first-order valence-corrected chi connectivity index (χ1v) is 13.0. The van der Waals surface area contributed by atoms with E-state index >= 15 is 0 Å². The van der Waals surface area contributed by atoms with Crippen molar-refractivity contribution >= 4 is 22.1 Å². The Hall–Kier alpha value is -0.190. The fourth-order valence-electron chi connectivity index (χ4n) is 2.82. The van der Waals surface area contributed by atoms with Crippen LogP contribution < -0.4 is 34.9 Å². The number of ether oxygens (including phenoxy) is 2. The molecule has 0 spiro atoms.